The standard InChI is InChI=1S/C13H23N3O2/c1-4-16-13(12(14)9(2)15-16)18-11-7-5-6-10(8-11)17-3/h10-11H,4-8,14H2,1-3H3. The Balaban J connectivity index is 2.08. The van der Waals surface area contributed by atoms with Gasteiger partial charge in [0.15, 0.2) is 0 Å². The fourth-order valence-electron chi connectivity index (χ4n) is 2.49. The normalized spacial score (nSPS) is 24.2. The molecule has 0 amide bonds. The van der Waals surface area contributed by atoms with E-state index in [9.17, 15) is 0 Å². The van der Waals surface area contributed by atoms with E-state index in [1.54, 1.807) is 7.11 Å². The minimum Gasteiger partial charge on any atom is -0.473 e. The Morgan fingerprint density at radius 3 is 2.78 bits per heavy atom. The second kappa shape index (κ2) is 5.61. The Morgan fingerprint density at radius 2 is 2.11 bits per heavy atom. The van der Waals surface area contributed by atoms with Gasteiger partial charge >= 0.3 is 0 Å². The summed E-state index contributed by atoms with van der Waals surface area (Å²) in [4.78, 5) is 0. The summed E-state index contributed by atoms with van der Waals surface area (Å²) < 4.78 is 13.3. The maximum Gasteiger partial charge on any atom is 0.236 e. The van der Waals surface area contributed by atoms with Crippen molar-refractivity contribution in [2.24, 2.45) is 0 Å². The van der Waals surface area contributed by atoms with Crippen molar-refractivity contribution < 1.29 is 9.47 Å². The van der Waals surface area contributed by atoms with Crippen LogP contribution < -0.4 is 10.5 Å². The highest BCUT2D eigenvalue weighted by molar-refractivity contribution is 5.52. The van der Waals surface area contributed by atoms with E-state index in [1.165, 1.54) is 0 Å². The lowest BCUT2D eigenvalue weighted by Crippen LogP contribution is -2.30. The lowest BCUT2D eigenvalue weighted by atomic mass is 9.95. The van der Waals surface area contributed by atoms with E-state index in [4.69, 9.17) is 15.2 Å². The molecule has 1 aliphatic carbocycles. The molecule has 18 heavy (non-hydrogen) atoms. The molecule has 0 aromatic carbocycles. The molecule has 2 atom stereocenters. The molecular weight excluding hydrogens is 230 g/mol. The summed E-state index contributed by atoms with van der Waals surface area (Å²) in [5, 5.41) is 4.37. The van der Waals surface area contributed by atoms with Gasteiger partial charge in [0.25, 0.3) is 0 Å². The minimum atomic E-state index is 0.187. The zero-order chi connectivity index (χ0) is 13.1. The molecule has 102 valence electrons. The first-order chi connectivity index (χ1) is 8.65. The first kappa shape index (κ1) is 13.2. The van der Waals surface area contributed by atoms with Crippen molar-refractivity contribution in [3.05, 3.63) is 5.69 Å². The molecule has 2 unspecified atom stereocenters. The number of nitrogen functional groups attached to an aromatic ring is 1. The van der Waals surface area contributed by atoms with Crippen LogP contribution in [0.5, 0.6) is 5.88 Å². The average Bonchev–Trinajstić information content (AvgIpc) is 2.67. The van der Waals surface area contributed by atoms with Crippen LogP contribution in [0, 0.1) is 6.92 Å². The molecule has 0 radical (unpaired) electrons. The maximum absolute atomic E-state index is 6.06. The van der Waals surface area contributed by atoms with E-state index in [-0.39, 0.29) is 6.10 Å². The molecule has 1 fully saturated rings. The van der Waals surface area contributed by atoms with Crippen molar-refractivity contribution in [1.29, 1.82) is 0 Å². The van der Waals surface area contributed by atoms with Gasteiger partial charge in [-0.05, 0) is 33.1 Å². The smallest absolute Gasteiger partial charge is 0.236 e. The topological polar surface area (TPSA) is 62.3 Å². The number of ether oxygens (including phenoxy) is 2. The van der Waals surface area contributed by atoms with Crippen LogP contribution in [0.4, 0.5) is 5.69 Å². The molecular formula is C13H23N3O2. The van der Waals surface area contributed by atoms with E-state index in [0.717, 1.165) is 43.8 Å². The SMILES string of the molecule is CCn1nc(C)c(N)c1OC1CCCC(OC)C1. The van der Waals surface area contributed by atoms with Crippen LogP contribution in [0.25, 0.3) is 0 Å². The van der Waals surface area contributed by atoms with Crippen molar-refractivity contribution in [3.8, 4) is 5.88 Å². The number of anilines is 1. The molecule has 2 N–H and O–H groups in total. The van der Waals surface area contributed by atoms with Gasteiger partial charge in [-0.1, -0.05) is 0 Å². The number of aromatic nitrogens is 2. The summed E-state index contributed by atoms with van der Waals surface area (Å²) in [5.74, 6) is 0.719. The molecule has 1 aromatic heterocycles. The van der Waals surface area contributed by atoms with Gasteiger partial charge in [-0.25, -0.2) is 4.68 Å². The maximum atomic E-state index is 6.06. The van der Waals surface area contributed by atoms with Gasteiger partial charge in [-0.2, -0.15) is 5.10 Å². The van der Waals surface area contributed by atoms with E-state index in [2.05, 4.69) is 5.10 Å². The van der Waals surface area contributed by atoms with Crippen molar-refractivity contribution >= 4 is 5.69 Å². The Morgan fingerprint density at radius 1 is 1.39 bits per heavy atom. The summed E-state index contributed by atoms with van der Waals surface area (Å²) >= 11 is 0. The van der Waals surface area contributed by atoms with Crippen molar-refractivity contribution in [2.45, 2.75) is 58.3 Å². The van der Waals surface area contributed by atoms with E-state index in [0.29, 0.717) is 11.8 Å². The van der Waals surface area contributed by atoms with Crippen LogP contribution >= 0.6 is 0 Å². The fraction of sp³-hybridized carbons (Fsp3) is 0.769. The highest BCUT2D eigenvalue weighted by Crippen LogP contribution is 2.30. The van der Waals surface area contributed by atoms with Crippen LogP contribution in [0.15, 0.2) is 0 Å². The van der Waals surface area contributed by atoms with Crippen molar-refractivity contribution in [1.82, 2.24) is 9.78 Å². The number of aryl methyl sites for hydroxylation is 2. The van der Waals surface area contributed by atoms with Gasteiger partial charge in [-0.3, -0.25) is 0 Å². The summed E-state index contributed by atoms with van der Waals surface area (Å²) in [7, 11) is 1.77. The van der Waals surface area contributed by atoms with Gasteiger partial charge in [0.2, 0.25) is 5.88 Å². The zero-order valence-electron chi connectivity index (χ0n) is 11.5. The third-order valence-electron chi connectivity index (χ3n) is 3.61. The fourth-order valence-corrected chi connectivity index (χ4v) is 2.49. The zero-order valence-corrected chi connectivity index (χ0v) is 11.5. The van der Waals surface area contributed by atoms with Gasteiger partial charge in [0.1, 0.15) is 11.8 Å². The molecule has 5 heteroatoms. The molecule has 5 nitrogen and oxygen atoms in total. The third kappa shape index (κ3) is 2.61. The molecule has 0 saturated heterocycles. The highest BCUT2D eigenvalue weighted by Gasteiger charge is 2.25. The van der Waals surface area contributed by atoms with E-state index < -0.39 is 0 Å². The number of methoxy groups -OCH3 is 1. The monoisotopic (exact) mass is 253 g/mol. The quantitative estimate of drug-likeness (QED) is 0.893. The predicted octanol–water partition coefficient (Wildman–Crippen LogP) is 2.13. The molecule has 1 saturated carbocycles. The average molecular weight is 253 g/mol. The number of nitrogens with zero attached hydrogens (tertiary/aromatic N) is 2. The van der Waals surface area contributed by atoms with E-state index >= 15 is 0 Å². The van der Waals surface area contributed by atoms with Gasteiger partial charge in [-0.15, -0.1) is 0 Å². The van der Waals surface area contributed by atoms with Crippen LogP contribution in [-0.4, -0.2) is 29.1 Å². The van der Waals surface area contributed by atoms with E-state index in [1.807, 2.05) is 18.5 Å². The Bertz CT molecular complexity index is 403. The lowest BCUT2D eigenvalue weighted by Gasteiger charge is -2.28. The van der Waals surface area contributed by atoms with Crippen LogP contribution in [0.3, 0.4) is 0 Å². The molecule has 1 aliphatic rings. The molecule has 0 bridgehead atoms. The first-order valence-electron chi connectivity index (χ1n) is 6.68. The van der Waals surface area contributed by atoms with Crippen LogP contribution in [-0.2, 0) is 11.3 Å². The second-order valence-electron chi connectivity index (χ2n) is 4.88. The van der Waals surface area contributed by atoms with Crippen molar-refractivity contribution in [2.75, 3.05) is 12.8 Å². The predicted molar refractivity (Wildman–Crippen MR) is 70.7 cm³/mol. The molecule has 0 spiro atoms. The van der Waals surface area contributed by atoms with Gasteiger partial charge < -0.3 is 15.2 Å². The summed E-state index contributed by atoms with van der Waals surface area (Å²) in [5.41, 5.74) is 7.53. The number of nitrogens with two attached hydrogens (primary N) is 1. The Labute approximate surface area is 108 Å². The lowest BCUT2D eigenvalue weighted by molar-refractivity contribution is 0.0181. The first-order valence-corrected chi connectivity index (χ1v) is 6.68. The molecule has 0 aliphatic heterocycles. The van der Waals surface area contributed by atoms with Crippen LogP contribution in [0.1, 0.15) is 38.3 Å². The summed E-state index contributed by atoms with van der Waals surface area (Å²) in [6, 6.07) is 0. The Hall–Kier alpha value is -1.23. The second-order valence-corrected chi connectivity index (χ2v) is 4.88. The summed E-state index contributed by atoms with van der Waals surface area (Å²) in [6.45, 7) is 4.72. The molecule has 1 heterocycles. The van der Waals surface area contributed by atoms with Gasteiger partial charge in [0, 0.05) is 20.1 Å². The van der Waals surface area contributed by atoms with Gasteiger partial charge in [0.05, 0.1) is 11.8 Å². The van der Waals surface area contributed by atoms with Crippen LogP contribution in [0.2, 0.25) is 0 Å². The molecule has 2 rings (SSSR count). The number of hydrogen-bond acceptors (Lipinski definition) is 4. The Kier molecular flexibility index (Phi) is 4.11. The third-order valence-corrected chi connectivity index (χ3v) is 3.61. The largest absolute Gasteiger partial charge is 0.473 e. The minimum absolute atomic E-state index is 0.187. The number of hydrogen-bond donors (Lipinski definition) is 1. The molecule has 1 aromatic rings. The number of rotatable bonds is 4. The summed E-state index contributed by atoms with van der Waals surface area (Å²) in [6.07, 6.45) is 4.76. The van der Waals surface area contributed by atoms with Crippen molar-refractivity contribution in [3.63, 3.8) is 0 Å². The highest BCUT2D eigenvalue weighted by atomic mass is 16.5.